The standard InChI is InChI=1S/C25H52BClO4Si3/c1-22(2,3)32(10,11)28-18-25(16-17-27)20(31-34(14,15)24(7,8)9)19(21(26)29-25)30-33(12,13)23(4,5)6/h16-17,19-21H,18H2,1-15H3/t19-,20+,21-,25-/m1/s1. The van der Waals surface area contributed by atoms with Gasteiger partial charge in [0.15, 0.2) is 25.0 Å². The van der Waals surface area contributed by atoms with Gasteiger partial charge in [-0.3, -0.25) is 0 Å². The van der Waals surface area contributed by atoms with Crippen LogP contribution in [0.1, 0.15) is 62.3 Å². The molecule has 0 saturated carbocycles. The first kappa shape index (κ1) is 32.6. The molecule has 2 radical (unpaired) electrons. The molecule has 0 aromatic rings. The second kappa shape index (κ2) is 10.4. The molecule has 1 aliphatic heterocycles. The molecule has 1 heterocycles. The van der Waals surface area contributed by atoms with Crippen molar-refractivity contribution in [3.63, 3.8) is 0 Å². The van der Waals surface area contributed by atoms with Crippen molar-refractivity contribution in [1.82, 2.24) is 0 Å². The van der Waals surface area contributed by atoms with Gasteiger partial charge in [-0.15, -0.1) is 0 Å². The van der Waals surface area contributed by atoms with Crippen molar-refractivity contribution in [1.29, 1.82) is 0 Å². The van der Waals surface area contributed by atoms with Crippen LogP contribution in [0.15, 0.2) is 11.6 Å². The molecule has 0 amide bonds. The van der Waals surface area contributed by atoms with E-state index in [1.54, 1.807) is 0 Å². The minimum Gasteiger partial charge on any atom is -0.413 e. The predicted octanol–water partition coefficient (Wildman–Crippen LogP) is 7.81. The van der Waals surface area contributed by atoms with Gasteiger partial charge in [-0.05, 0) is 60.5 Å². The Bertz CT molecular complexity index is 723. The van der Waals surface area contributed by atoms with E-state index in [0.29, 0.717) is 6.61 Å². The Kier molecular flexibility index (Phi) is 9.97. The minimum absolute atomic E-state index is 0.0118. The summed E-state index contributed by atoms with van der Waals surface area (Å²) >= 11 is 6.22. The lowest BCUT2D eigenvalue weighted by Gasteiger charge is -2.46. The van der Waals surface area contributed by atoms with Crippen molar-refractivity contribution < 1.29 is 18.0 Å². The van der Waals surface area contributed by atoms with Gasteiger partial charge in [0.25, 0.3) is 0 Å². The molecule has 0 bridgehead atoms. The van der Waals surface area contributed by atoms with Gasteiger partial charge >= 0.3 is 0 Å². The molecule has 1 rings (SSSR count). The summed E-state index contributed by atoms with van der Waals surface area (Å²) in [7, 11) is 0.223. The number of rotatable bonds is 8. The first-order valence-electron chi connectivity index (χ1n) is 12.5. The fraction of sp³-hybridized carbons (Fsp3) is 0.920. The largest absolute Gasteiger partial charge is 0.413 e. The molecule has 34 heavy (non-hydrogen) atoms. The highest BCUT2D eigenvalue weighted by Gasteiger charge is 2.59. The van der Waals surface area contributed by atoms with Gasteiger partial charge < -0.3 is 18.0 Å². The zero-order valence-electron chi connectivity index (χ0n) is 24.7. The molecule has 1 saturated heterocycles. The molecule has 9 heteroatoms. The average molecular weight is 547 g/mol. The Morgan fingerprint density at radius 2 is 1.21 bits per heavy atom. The molecule has 1 fully saturated rings. The highest BCUT2D eigenvalue weighted by Crippen LogP contribution is 2.47. The quantitative estimate of drug-likeness (QED) is 0.291. The Balaban J connectivity index is 3.57. The van der Waals surface area contributed by atoms with Gasteiger partial charge in [0.05, 0.1) is 12.7 Å². The van der Waals surface area contributed by atoms with Crippen molar-refractivity contribution in [2.24, 2.45) is 0 Å². The summed E-state index contributed by atoms with van der Waals surface area (Å²) < 4.78 is 27.2. The summed E-state index contributed by atoms with van der Waals surface area (Å²) in [6.07, 6.45) is 1.04. The van der Waals surface area contributed by atoms with Gasteiger partial charge in [-0.25, -0.2) is 0 Å². The smallest absolute Gasteiger partial charge is 0.192 e. The normalized spacial score (nSPS) is 28.2. The molecule has 0 spiro atoms. The molecule has 0 aromatic carbocycles. The fourth-order valence-electron chi connectivity index (χ4n) is 3.06. The first-order valence-corrected chi connectivity index (χ1v) is 21.7. The van der Waals surface area contributed by atoms with Crippen molar-refractivity contribution in [2.45, 2.75) is 141 Å². The van der Waals surface area contributed by atoms with Crippen molar-refractivity contribution in [3.8, 4) is 0 Å². The van der Waals surface area contributed by atoms with Crippen LogP contribution in [0.5, 0.6) is 0 Å². The van der Waals surface area contributed by atoms with Gasteiger partial charge in [0.2, 0.25) is 0 Å². The van der Waals surface area contributed by atoms with Crippen molar-refractivity contribution in [3.05, 3.63) is 11.6 Å². The SMILES string of the molecule is [B][C@@H]1O[C@](C=CCl)(CO[Si](C)(C)C(C)(C)C)[C@@H](O[Si](C)(C)C(C)(C)C)[C@H]1O[Si](C)(C)C(C)(C)C. The third-order valence-corrected chi connectivity index (χ3v) is 22.3. The Morgan fingerprint density at radius 1 is 0.794 bits per heavy atom. The van der Waals surface area contributed by atoms with E-state index < -0.39 is 48.8 Å². The molecule has 1 aliphatic rings. The molecular weight excluding hydrogens is 495 g/mol. The number of ether oxygens (including phenoxy) is 1. The number of halogens is 1. The van der Waals surface area contributed by atoms with E-state index in [0.717, 1.165) is 0 Å². The van der Waals surface area contributed by atoms with Crippen LogP contribution in [0, 0.1) is 0 Å². The van der Waals surface area contributed by atoms with Crippen LogP contribution in [0.2, 0.25) is 54.4 Å². The Morgan fingerprint density at radius 3 is 1.59 bits per heavy atom. The summed E-state index contributed by atoms with van der Waals surface area (Å²) in [6, 6.07) is -0.639. The van der Waals surface area contributed by atoms with Crippen LogP contribution in [-0.2, 0) is 18.0 Å². The summed E-state index contributed by atoms with van der Waals surface area (Å²) in [5, 5.41) is 0.101. The zero-order chi connectivity index (χ0) is 27.2. The van der Waals surface area contributed by atoms with E-state index in [2.05, 4.69) is 102 Å². The maximum Gasteiger partial charge on any atom is 0.192 e. The van der Waals surface area contributed by atoms with Crippen LogP contribution in [-0.4, -0.2) is 63.2 Å². The zero-order valence-corrected chi connectivity index (χ0v) is 28.4. The molecule has 4 nitrogen and oxygen atoms in total. The fourth-order valence-corrected chi connectivity index (χ4v) is 6.91. The predicted molar refractivity (Wildman–Crippen MR) is 156 cm³/mol. The maximum absolute atomic E-state index is 7.08. The van der Waals surface area contributed by atoms with E-state index in [-0.39, 0.29) is 15.1 Å². The van der Waals surface area contributed by atoms with E-state index in [4.69, 9.17) is 37.5 Å². The molecule has 0 aromatic heterocycles. The van der Waals surface area contributed by atoms with E-state index in [1.165, 1.54) is 5.54 Å². The van der Waals surface area contributed by atoms with Crippen LogP contribution < -0.4 is 0 Å². The lowest BCUT2D eigenvalue weighted by Crippen LogP contribution is -2.58. The third kappa shape index (κ3) is 7.12. The Labute approximate surface area is 220 Å². The highest BCUT2D eigenvalue weighted by molar-refractivity contribution is 6.75. The molecule has 198 valence electrons. The van der Waals surface area contributed by atoms with E-state index in [9.17, 15) is 0 Å². The molecule has 4 atom stereocenters. The van der Waals surface area contributed by atoms with E-state index >= 15 is 0 Å². The summed E-state index contributed by atoms with van der Waals surface area (Å²) in [6.45, 7) is 33.9. The van der Waals surface area contributed by atoms with Gasteiger partial charge in [-0.1, -0.05) is 73.9 Å². The number of hydrogen-bond acceptors (Lipinski definition) is 4. The topological polar surface area (TPSA) is 36.9 Å². The first-order chi connectivity index (χ1) is 14.8. The van der Waals surface area contributed by atoms with Crippen LogP contribution in [0.25, 0.3) is 0 Å². The van der Waals surface area contributed by atoms with Crippen molar-refractivity contribution >= 4 is 44.4 Å². The van der Waals surface area contributed by atoms with Crippen molar-refractivity contribution in [2.75, 3.05) is 6.61 Å². The lowest BCUT2D eigenvalue weighted by atomic mass is 9.89. The highest BCUT2D eigenvalue weighted by atomic mass is 35.5. The van der Waals surface area contributed by atoms with Gasteiger partial charge in [0, 0.05) is 11.5 Å². The van der Waals surface area contributed by atoms with Crippen LogP contribution in [0.4, 0.5) is 0 Å². The van der Waals surface area contributed by atoms with Gasteiger partial charge in [0.1, 0.15) is 19.6 Å². The minimum atomic E-state index is -2.21. The van der Waals surface area contributed by atoms with Crippen LogP contribution in [0.3, 0.4) is 0 Å². The maximum atomic E-state index is 7.08. The average Bonchev–Trinajstić information content (AvgIpc) is 2.82. The van der Waals surface area contributed by atoms with Crippen LogP contribution >= 0.6 is 11.6 Å². The van der Waals surface area contributed by atoms with Gasteiger partial charge in [-0.2, -0.15) is 0 Å². The third-order valence-electron chi connectivity index (χ3n) is 8.73. The van der Waals surface area contributed by atoms with E-state index in [1.807, 2.05) is 6.08 Å². The summed E-state index contributed by atoms with van der Waals surface area (Å²) in [4.78, 5) is 0. The molecule has 0 aliphatic carbocycles. The second-order valence-electron chi connectivity index (χ2n) is 14.5. The molecular formula is C25H52BClO4Si3. The molecule has 0 N–H and O–H groups in total. The summed E-state index contributed by atoms with van der Waals surface area (Å²) in [5.41, 5.74) is 0.595. The molecule has 0 unspecified atom stereocenters. The second-order valence-corrected chi connectivity index (χ2v) is 29.1. The number of hydrogen-bond donors (Lipinski definition) is 0. The Hall–Kier alpha value is 0.586. The monoisotopic (exact) mass is 546 g/mol. The summed E-state index contributed by atoms with van der Waals surface area (Å²) in [5.74, 6) is 0. The lowest BCUT2D eigenvalue weighted by molar-refractivity contribution is -0.0570.